The average molecular weight is 671 g/mol. The van der Waals surface area contributed by atoms with Gasteiger partial charge in [0.15, 0.2) is 21.9 Å². The third-order valence-electron chi connectivity index (χ3n) is 7.43. The summed E-state index contributed by atoms with van der Waals surface area (Å²) in [5.41, 5.74) is 3.26. The van der Waals surface area contributed by atoms with E-state index in [2.05, 4.69) is 9.98 Å². The molecule has 48 heavy (non-hydrogen) atoms. The van der Waals surface area contributed by atoms with Gasteiger partial charge in [-0.05, 0) is 23.3 Å². The molecule has 0 N–H and O–H groups in total. The number of amides is 2. The highest BCUT2D eigenvalue weighted by atomic mass is 32.2. The number of Topliss-reactive ketones (excluding diaryl/α,β-unsaturated/α-hetero) is 2. The molecular weight excluding hydrogens is 641 g/mol. The maximum absolute atomic E-state index is 13.7. The van der Waals surface area contributed by atoms with E-state index in [4.69, 9.17) is 0 Å². The number of carbonyl (C=O) groups excluding carboxylic acids is 4. The second-order valence-corrected chi connectivity index (χ2v) is 12.6. The van der Waals surface area contributed by atoms with E-state index in [0.29, 0.717) is 21.5 Å². The lowest BCUT2D eigenvalue weighted by Gasteiger charge is -2.23. The van der Waals surface area contributed by atoms with Crippen molar-refractivity contribution in [2.24, 2.45) is 9.98 Å². The van der Waals surface area contributed by atoms with Crippen LogP contribution in [-0.4, -0.2) is 68.1 Å². The molecule has 8 nitrogen and oxygen atoms in total. The van der Waals surface area contributed by atoms with Crippen molar-refractivity contribution in [3.8, 4) is 0 Å². The molecule has 2 amide bonds. The minimum atomic E-state index is -0.328. The van der Waals surface area contributed by atoms with Crippen molar-refractivity contribution in [3.63, 3.8) is 0 Å². The summed E-state index contributed by atoms with van der Waals surface area (Å²) in [6.45, 7) is 0.208. The number of benzene rings is 4. The molecule has 0 radical (unpaired) electrons. The molecule has 2 aliphatic heterocycles. The van der Waals surface area contributed by atoms with E-state index in [-0.39, 0.29) is 59.4 Å². The molecule has 0 bridgehead atoms. The maximum Gasteiger partial charge on any atom is 0.278 e. The fourth-order valence-corrected chi connectivity index (χ4v) is 6.80. The average Bonchev–Trinajstić information content (AvgIpc) is 3.59. The zero-order chi connectivity index (χ0) is 33.3. The number of hydrogen-bond acceptors (Lipinski definition) is 8. The molecule has 0 unspecified atom stereocenters. The van der Waals surface area contributed by atoms with Gasteiger partial charge in [0.1, 0.15) is 11.4 Å². The van der Waals surface area contributed by atoms with Crippen LogP contribution in [0.25, 0.3) is 12.2 Å². The van der Waals surface area contributed by atoms with Gasteiger partial charge in [-0.2, -0.15) is 0 Å². The monoisotopic (exact) mass is 670 g/mol. The van der Waals surface area contributed by atoms with Crippen LogP contribution >= 0.6 is 23.5 Å². The first kappa shape index (κ1) is 32.6. The molecule has 0 spiro atoms. The van der Waals surface area contributed by atoms with Gasteiger partial charge in [-0.3, -0.25) is 29.0 Å². The molecule has 0 saturated heterocycles. The number of carbonyl (C=O) groups is 4. The Morgan fingerprint density at radius 2 is 0.854 bits per heavy atom. The second kappa shape index (κ2) is 15.5. The number of ketones is 2. The Hall–Kier alpha value is -5.32. The molecule has 0 aromatic heterocycles. The van der Waals surface area contributed by atoms with Crippen molar-refractivity contribution in [2.45, 2.75) is 0 Å². The van der Waals surface area contributed by atoms with Crippen LogP contribution in [-0.2, 0) is 9.59 Å². The molecule has 4 aromatic carbocycles. The molecule has 4 aromatic rings. The van der Waals surface area contributed by atoms with E-state index in [9.17, 15) is 19.2 Å². The van der Waals surface area contributed by atoms with Gasteiger partial charge < -0.3 is 0 Å². The van der Waals surface area contributed by atoms with Crippen LogP contribution in [0.4, 0.5) is 0 Å². The van der Waals surface area contributed by atoms with E-state index < -0.39 is 0 Å². The van der Waals surface area contributed by atoms with Gasteiger partial charge in [0.05, 0.1) is 11.5 Å². The SMILES string of the molecule is O=C(CSC1=N/C(=C/c2ccccc2)C(=O)N1CCN1C(=O)/C(=C\c2ccccc2)N=C1SCC(=O)c1ccccc1)c1ccccc1. The zero-order valence-corrected chi connectivity index (χ0v) is 27.4. The van der Waals surface area contributed by atoms with Crippen molar-refractivity contribution in [2.75, 3.05) is 24.6 Å². The summed E-state index contributed by atoms with van der Waals surface area (Å²) in [5, 5.41) is 0.757. The first-order chi connectivity index (χ1) is 23.5. The Bertz CT molecular complexity index is 1800. The largest absolute Gasteiger partial charge is 0.293 e. The Balaban J connectivity index is 1.22. The van der Waals surface area contributed by atoms with Gasteiger partial charge in [-0.1, -0.05) is 145 Å². The zero-order valence-electron chi connectivity index (χ0n) is 25.8. The Labute approximate surface area is 287 Å². The van der Waals surface area contributed by atoms with Gasteiger partial charge >= 0.3 is 0 Å². The van der Waals surface area contributed by atoms with Gasteiger partial charge in [0.25, 0.3) is 11.8 Å². The van der Waals surface area contributed by atoms with Gasteiger partial charge in [0, 0.05) is 24.2 Å². The van der Waals surface area contributed by atoms with E-state index in [1.165, 1.54) is 33.3 Å². The van der Waals surface area contributed by atoms with Crippen LogP contribution in [0.15, 0.2) is 143 Å². The second-order valence-electron chi connectivity index (χ2n) is 10.7. The number of hydrogen-bond donors (Lipinski definition) is 0. The first-order valence-corrected chi connectivity index (χ1v) is 17.2. The predicted octanol–water partition coefficient (Wildman–Crippen LogP) is 6.70. The van der Waals surface area contributed by atoms with Gasteiger partial charge in [-0.25, -0.2) is 9.98 Å². The minimum Gasteiger partial charge on any atom is -0.293 e. The fraction of sp³-hybridized carbons (Fsp3) is 0.105. The van der Waals surface area contributed by atoms with Crippen molar-refractivity contribution >= 4 is 69.4 Å². The summed E-state index contributed by atoms with van der Waals surface area (Å²) in [4.78, 5) is 65.6. The highest BCUT2D eigenvalue weighted by molar-refractivity contribution is 8.14. The van der Waals surface area contributed by atoms with E-state index in [1.54, 1.807) is 60.7 Å². The van der Waals surface area contributed by atoms with E-state index in [1.807, 2.05) is 72.8 Å². The van der Waals surface area contributed by atoms with Crippen molar-refractivity contribution in [1.82, 2.24) is 9.80 Å². The summed E-state index contributed by atoms with van der Waals surface area (Å²) in [7, 11) is 0. The third-order valence-corrected chi connectivity index (χ3v) is 9.38. The lowest BCUT2D eigenvalue weighted by atomic mass is 10.2. The quantitative estimate of drug-likeness (QED) is 0.130. The molecule has 10 heteroatoms. The Morgan fingerprint density at radius 1 is 0.521 bits per heavy atom. The molecule has 2 heterocycles. The Morgan fingerprint density at radius 3 is 1.21 bits per heavy atom. The van der Waals surface area contributed by atoms with Crippen molar-refractivity contribution in [3.05, 3.63) is 155 Å². The molecule has 0 aliphatic carbocycles. The normalized spacial score (nSPS) is 16.1. The van der Waals surface area contributed by atoms with Crippen LogP contribution in [0.5, 0.6) is 0 Å². The molecule has 0 saturated carbocycles. The lowest BCUT2D eigenvalue weighted by molar-refractivity contribution is -0.125. The lowest BCUT2D eigenvalue weighted by Crippen LogP contribution is -2.41. The number of amidine groups is 2. The maximum atomic E-state index is 13.7. The minimum absolute atomic E-state index is 0.0853. The molecule has 2 aliphatic rings. The van der Waals surface area contributed by atoms with Gasteiger partial charge in [0.2, 0.25) is 0 Å². The topological polar surface area (TPSA) is 99.5 Å². The molecule has 0 fully saturated rings. The molecule has 6 rings (SSSR count). The highest BCUT2D eigenvalue weighted by Gasteiger charge is 2.35. The first-order valence-electron chi connectivity index (χ1n) is 15.2. The summed E-state index contributed by atoms with van der Waals surface area (Å²) >= 11 is 2.36. The molecule has 0 atom stereocenters. The molecule has 238 valence electrons. The van der Waals surface area contributed by atoms with Crippen LogP contribution < -0.4 is 0 Å². The van der Waals surface area contributed by atoms with E-state index in [0.717, 1.165) is 11.1 Å². The number of nitrogens with zero attached hydrogens (tertiary/aromatic N) is 4. The standard InChI is InChI=1S/C38H30N4O4S2/c43-33(29-17-9-3-10-18-29)25-47-37-39-31(23-27-13-5-1-6-14-27)35(45)41(37)21-22-42-36(46)32(24-28-15-7-2-8-16-28)40-38(42)48-26-34(44)30-19-11-4-12-20-30/h1-20,23-24H,21-22,25-26H2/b31-23+,32-24+. The number of aliphatic imine (C=N–C) groups is 2. The number of thioether (sulfide) groups is 2. The van der Waals surface area contributed by atoms with Crippen molar-refractivity contribution in [1.29, 1.82) is 0 Å². The summed E-state index contributed by atoms with van der Waals surface area (Å²) in [6.07, 6.45) is 3.42. The molecular formula is C38H30N4O4S2. The van der Waals surface area contributed by atoms with Crippen LogP contribution in [0.1, 0.15) is 31.8 Å². The third kappa shape index (κ3) is 7.96. The fourth-order valence-electron chi connectivity index (χ4n) is 4.96. The smallest absolute Gasteiger partial charge is 0.278 e. The summed E-state index contributed by atoms with van der Waals surface area (Å²) in [6, 6.07) is 36.7. The van der Waals surface area contributed by atoms with Crippen LogP contribution in [0.3, 0.4) is 0 Å². The summed E-state index contributed by atoms with van der Waals surface area (Å²) < 4.78 is 0. The summed E-state index contributed by atoms with van der Waals surface area (Å²) in [5.74, 6) is -0.661. The highest BCUT2D eigenvalue weighted by Crippen LogP contribution is 2.28. The predicted molar refractivity (Wildman–Crippen MR) is 194 cm³/mol. The number of rotatable bonds is 11. The van der Waals surface area contributed by atoms with Crippen LogP contribution in [0.2, 0.25) is 0 Å². The van der Waals surface area contributed by atoms with Crippen LogP contribution in [0, 0.1) is 0 Å². The van der Waals surface area contributed by atoms with Crippen molar-refractivity contribution < 1.29 is 19.2 Å². The Kier molecular flexibility index (Phi) is 10.5. The van der Waals surface area contributed by atoms with E-state index >= 15 is 0 Å². The van der Waals surface area contributed by atoms with Gasteiger partial charge in [-0.15, -0.1) is 0 Å².